The number of methoxy groups -OCH3 is 1. The maximum atomic E-state index is 5.48. The summed E-state index contributed by atoms with van der Waals surface area (Å²) in [5.74, 6) is 0.629. The SMILES string of the molecule is COCCOCCCCn1cncc1C1CCCNC1. The van der Waals surface area contributed by atoms with Crippen molar-refractivity contribution in [1.82, 2.24) is 14.9 Å². The third kappa shape index (κ3) is 4.89. The van der Waals surface area contributed by atoms with Crippen LogP contribution in [0.2, 0.25) is 0 Å². The first-order valence-corrected chi connectivity index (χ1v) is 7.69. The van der Waals surface area contributed by atoms with Crippen LogP contribution >= 0.6 is 0 Å². The minimum absolute atomic E-state index is 0.629. The van der Waals surface area contributed by atoms with Crippen molar-refractivity contribution in [3.05, 3.63) is 18.2 Å². The van der Waals surface area contributed by atoms with Gasteiger partial charge in [-0.05, 0) is 32.2 Å². The number of aryl methyl sites for hydroxylation is 1. The first-order valence-electron chi connectivity index (χ1n) is 7.69. The van der Waals surface area contributed by atoms with Crippen LogP contribution in [0.15, 0.2) is 12.5 Å². The lowest BCUT2D eigenvalue weighted by Gasteiger charge is -2.23. The van der Waals surface area contributed by atoms with Crippen LogP contribution in [0, 0.1) is 0 Å². The summed E-state index contributed by atoms with van der Waals surface area (Å²) < 4.78 is 12.7. The molecule has 0 bridgehead atoms. The lowest BCUT2D eigenvalue weighted by atomic mass is 9.96. The molecule has 1 saturated heterocycles. The Bertz CT molecular complexity index is 362. The molecule has 0 spiro atoms. The Hall–Kier alpha value is -0.910. The number of hydrogen-bond acceptors (Lipinski definition) is 4. The minimum atomic E-state index is 0.629. The molecule has 114 valence electrons. The van der Waals surface area contributed by atoms with Gasteiger partial charge in [0, 0.05) is 44.6 Å². The maximum Gasteiger partial charge on any atom is 0.0948 e. The number of aromatic nitrogens is 2. The highest BCUT2D eigenvalue weighted by molar-refractivity contribution is 5.08. The molecule has 20 heavy (non-hydrogen) atoms. The van der Waals surface area contributed by atoms with Gasteiger partial charge in [0.15, 0.2) is 0 Å². The fraction of sp³-hybridized carbons (Fsp3) is 0.800. The van der Waals surface area contributed by atoms with Crippen LogP contribution in [-0.2, 0) is 16.0 Å². The molecule has 2 heterocycles. The molecule has 5 nitrogen and oxygen atoms in total. The summed E-state index contributed by atoms with van der Waals surface area (Å²) in [4.78, 5) is 4.32. The molecule has 1 atom stereocenters. The molecule has 1 N–H and O–H groups in total. The van der Waals surface area contributed by atoms with Crippen LogP contribution in [0.5, 0.6) is 0 Å². The van der Waals surface area contributed by atoms with E-state index in [0.29, 0.717) is 19.1 Å². The van der Waals surface area contributed by atoms with Crippen molar-refractivity contribution in [3.63, 3.8) is 0 Å². The summed E-state index contributed by atoms with van der Waals surface area (Å²) >= 11 is 0. The van der Waals surface area contributed by atoms with Crippen molar-refractivity contribution in [1.29, 1.82) is 0 Å². The first kappa shape index (κ1) is 15.5. The maximum absolute atomic E-state index is 5.48. The molecule has 1 aliphatic heterocycles. The van der Waals surface area contributed by atoms with Crippen LogP contribution in [0.4, 0.5) is 0 Å². The molecule has 0 amide bonds. The van der Waals surface area contributed by atoms with Crippen molar-refractivity contribution in [3.8, 4) is 0 Å². The Kier molecular flexibility index (Phi) is 7.05. The molecule has 0 radical (unpaired) electrons. The van der Waals surface area contributed by atoms with Crippen LogP contribution < -0.4 is 5.32 Å². The summed E-state index contributed by atoms with van der Waals surface area (Å²) in [5, 5.41) is 3.47. The Morgan fingerprint density at radius 1 is 1.35 bits per heavy atom. The van der Waals surface area contributed by atoms with E-state index in [9.17, 15) is 0 Å². The zero-order chi connectivity index (χ0) is 14.0. The van der Waals surface area contributed by atoms with Gasteiger partial charge < -0.3 is 19.4 Å². The molecule has 1 fully saturated rings. The fourth-order valence-corrected chi connectivity index (χ4v) is 2.69. The van der Waals surface area contributed by atoms with Gasteiger partial charge in [-0.25, -0.2) is 4.98 Å². The zero-order valence-corrected chi connectivity index (χ0v) is 12.5. The predicted molar refractivity (Wildman–Crippen MR) is 79.0 cm³/mol. The van der Waals surface area contributed by atoms with E-state index in [2.05, 4.69) is 14.9 Å². The number of hydrogen-bond donors (Lipinski definition) is 1. The van der Waals surface area contributed by atoms with Crippen molar-refractivity contribution in [2.75, 3.05) is 40.0 Å². The molecule has 1 aromatic heterocycles. The second-order valence-electron chi connectivity index (χ2n) is 5.37. The van der Waals surface area contributed by atoms with E-state index in [1.807, 2.05) is 12.5 Å². The van der Waals surface area contributed by atoms with E-state index in [-0.39, 0.29) is 0 Å². The van der Waals surface area contributed by atoms with Gasteiger partial charge in [-0.3, -0.25) is 0 Å². The van der Waals surface area contributed by atoms with Crippen LogP contribution in [0.25, 0.3) is 0 Å². The number of rotatable bonds is 9. The van der Waals surface area contributed by atoms with Gasteiger partial charge in [0.25, 0.3) is 0 Å². The molecule has 0 saturated carbocycles. The van der Waals surface area contributed by atoms with E-state index in [4.69, 9.17) is 9.47 Å². The van der Waals surface area contributed by atoms with Gasteiger partial charge in [-0.2, -0.15) is 0 Å². The number of nitrogens with one attached hydrogen (secondary N) is 1. The topological polar surface area (TPSA) is 48.3 Å². The van der Waals surface area contributed by atoms with E-state index in [1.165, 1.54) is 18.5 Å². The summed E-state index contributed by atoms with van der Waals surface area (Å²) in [6.45, 7) is 5.48. The highest BCUT2D eigenvalue weighted by Crippen LogP contribution is 2.23. The average molecular weight is 281 g/mol. The summed E-state index contributed by atoms with van der Waals surface area (Å²) in [5.41, 5.74) is 1.39. The molecule has 0 aliphatic carbocycles. The number of ether oxygens (including phenoxy) is 2. The van der Waals surface area contributed by atoms with Gasteiger partial charge in [0.2, 0.25) is 0 Å². The van der Waals surface area contributed by atoms with Gasteiger partial charge in [-0.1, -0.05) is 0 Å². The van der Waals surface area contributed by atoms with Crippen molar-refractivity contribution < 1.29 is 9.47 Å². The van der Waals surface area contributed by atoms with Crippen LogP contribution in [0.3, 0.4) is 0 Å². The van der Waals surface area contributed by atoms with E-state index >= 15 is 0 Å². The highest BCUT2D eigenvalue weighted by Gasteiger charge is 2.18. The number of nitrogens with zero attached hydrogens (tertiary/aromatic N) is 2. The standard InChI is InChI=1S/C15H27N3O2/c1-19-9-10-20-8-3-2-7-18-13-17-12-15(18)14-5-4-6-16-11-14/h12-14,16H,2-11H2,1H3. The van der Waals surface area contributed by atoms with Gasteiger partial charge in [0.05, 0.1) is 19.5 Å². The quantitative estimate of drug-likeness (QED) is 0.701. The normalized spacial score (nSPS) is 19.4. The highest BCUT2D eigenvalue weighted by atomic mass is 16.5. The van der Waals surface area contributed by atoms with Crippen LogP contribution in [0.1, 0.15) is 37.3 Å². The van der Waals surface area contributed by atoms with Crippen LogP contribution in [-0.4, -0.2) is 49.6 Å². The first-order chi connectivity index (χ1) is 9.92. The van der Waals surface area contributed by atoms with E-state index < -0.39 is 0 Å². The molecule has 1 unspecified atom stereocenters. The van der Waals surface area contributed by atoms with Gasteiger partial charge in [-0.15, -0.1) is 0 Å². The Labute approximate surface area is 121 Å². The van der Waals surface area contributed by atoms with Gasteiger partial charge >= 0.3 is 0 Å². The minimum Gasteiger partial charge on any atom is -0.382 e. The molecular weight excluding hydrogens is 254 g/mol. The Morgan fingerprint density at radius 3 is 3.10 bits per heavy atom. The molecular formula is C15H27N3O2. The zero-order valence-electron chi connectivity index (χ0n) is 12.5. The summed E-state index contributed by atoms with van der Waals surface area (Å²) in [7, 11) is 1.70. The van der Waals surface area contributed by atoms with Crippen molar-refractivity contribution in [2.45, 2.75) is 38.1 Å². The number of unbranched alkanes of at least 4 members (excludes halogenated alkanes) is 1. The second-order valence-corrected chi connectivity index (χ2v) is 5.37. The Balaban J connectivity index is 1.66. The molecule has 0 aromatic carbocycles. The Morgan fingerprint density at radius 2 is 2.30 bits per heavy atom. The summed E-state index contributed by atoms with van der Waals surface area (Å²) in [6, 6.07) is 0. The smallest absolute Gasteiger partial charge is 0.0948 e. The molecule has 5 heteroatoms. The molecule has 2 rings (SSSR count). The largest absolute Gasteiger partial charge is 0.382 e. The number of imidazole rings is 1. The van der Waals surface area contributed by atoms with Crippen molar-refractivity contribution >= 4 is 0 Å². The third-order valence-corrected chi connectivity index (χ3v) is 3.83. The van der Waals surface area contributed by atoms with Crippen molar-refractivity contribution in [2.24, 2.45) is 0 Å². The lowest BCUT2D eigenvalue weighted by molar-refractivity contribution is 0.0684. The summed E-state index contributed by atoms with van der Waals surface area (Å²) in [6.07, 6.45) is 8.77. The third-order valence-electron chi connectivity index (χ3n) is 3.83. The molecule has 1 aromatic rings. The average Bonchev–Trinajstić information content (AvgIpc) is 2.96. The number of piperidine rings is 1. The predicted octanol–water partition coefficient (Wildman–Crippen LogP) is 1.79. The fourth-order valence-electron chi connectivity index (χ4n) is 2.69. The lowest BCUT2D eigenvalue weighted by Crippen LogP contribution is -2.29. The van der Waals surface area contributed by atoms with Gasteiger partial charge in [0.1, 0.15) is 0 Å². The van der Waals surface area contributed by atoms with E-state index in [1.54, 1.807) is 7.11 Å². The van der Waals surface area contributed by atoms with E-state index in [0.717, 1.165) is 39.1 Å². The molecule has 1 aliphatic rings. The second kappa shape index (κ2) is 9.10. The monoisotopic (exact) mass is 281 g/mol.